The molecule has 0 radical (unpaired) electrons. The van der Waals surface area contributed by atoms with Crippen molar-refractivity contribution in [1.29, 1.82) is 0 Å². The highest BCUT2D eigenvalue weighted by atomic mass is 16.5. The summed E-state index contributed by atoms with van der Waals surface area (Å²) >= 11 is 0. The average molecular weight is 264 g/mol. The molecule has 0 rings (SSSR count). The molecule has 0 aromatic heterocycles. The maximum Gasteiger partial charge on any atom is 0.364 e. The highest BCUT2D eigenvalue weighted by Crippen LogP contribution is 2.10. The maximum atomic E-state index is 10.0. The number of aliphatic hydroxyl groups is 2. The Hall–Kier alpha value is -1.14. The smallest absolute Gasteiger partial charge is 0.364 e. The highest BCUT2D eigenvalue weighted by molar-refractivity contribution is 5.74. The normalized spacial score (nSPS) is 10.8. The van der Waals surface area contributed by atoms with Crippen LogP contribution in [0.5, 0.6) is 0 Å². The molecule has 0 spiro atoms. The zero-order chi connectivity index (χ0) is 14.8. The van der Waals surface area contributed by atoms with Crippen LogP contribution < -0.4 is 0 Å². The van der Waals surface area contributed by atoms with E-state index in [-0.39, 0.29) is 12.8 Å². The van der Waals surface area contributed by atoms with Crippen LogP contribution in [0.25, 0.3) is 0 Å². The molecular formula is C12H24O6. The first-order valence-corrected chi connectivity index (χ1v) is 6.07. The summed E-state index contributed by atoms with van der Waals surface area (Å²) in [6.07, 6.45) is 1.80. The molecule has 6 nitrogen and oxygen atoms in total. The Morgan fingerprint density at radius 1 is 1.11 bits per heavy atom. The Morgan fingerprint density at radius 3 is 1.78 bits per heavy atom. The van der Waals surface area contributed by atoms with Crippen LogP contribution >= 0.6 is 0 Å². The van der Waals surface area contributed by atoms with E-state index in [9.17, 15) is 9.59 Å². The molecule has 0 heterocycles. The lowest BCUT2D eigenvalue weighted by molar-refractivity contribution is -0.205. The van der Waals surface area contributed by atoms with Gasteiger partial charge in [0, 0.05) is 12.8 Å². The monoisotopic (exact) mass is 264 g/mol. The first-order chi connectivity index (χ1) is 8.17. The lowest BCUT2D eigenvalue weighted by Crippen LogP contribution is -2.38. The Bertz CT molecular complexity index is 245. The third kappa shape index (κ3) is 11.3. The van der Waals surface area contributed by atoms with E-state index in [1.54, 1.807) is 0 Å². The first kappa shape index (κ1) is 19.2. The van der Waals surface area contributed by atoms with Gasteiger partial charge < -0.3 is 20.4 Å². The molecule has 0 bridgehead atoms. The summed E-state index contributed by atoms with van der Waals surface area (Å²) in [6, 6.07) is 0. The van der Waals surface area contributed by atoms with E-state index < -0.39 is 24.1 Å². The van der Waals surface area contributed by atoms with Gasteiger partial charge in [0.15, 0.2) is 0 Å². The molecule has 0 aromatic carbocycles. The third-order valence-electron chi connectivity index (χ3n) is 2.65. The van der Waals surface area contributed by atoms with Crippen molar-refractivity contribution in [3.63, 3.8) is 0 Å². The molecule has 0 amide bonds. The van der Waals surface area contributed by atoms with Crippen molar-refractivity contribution in [3.8, 4) is 0 Å². The van der Waals surface area contributed by atoms with Gasteiger partial charge in [0.25, 0.3) is 5.79 Å². The van der Waals surface area contributed by atoms with Crippen molar-refractivity contribution in [2.75, 3.05) is 0 Å². The van der Waals surface area contributed by atoms with Crippen LogP contribution in [0.3, 0.4) is 0 Å². The number of carboxylic acids is 2. The van der Waals surface area contributed by atoms with Crippen molar-refractivity contribution in [1.82, 2.24) is 0 Å². The van der Waals surface area contributed by atoms with E-state index in [2.05, 4.69) is 20.8 Å². The lowest BCUT2D eigenvalue weighted by atomic mass is 10.1. The van der Waals surface area contributed by atoms with Gasteiger partial charge >= 0.3 is 11.9 Å². The van der Waals surface area contributed by atoms with E-state index >= 15 is 0 Å². The van der Waals surface area contributed by atoms with Gasteiger partial charge in [0.05, 0.1) is 0 Å². The van der Waals surface area contributed by atoms with Gasteiger partial charge in [-0.15, -0.1) is 0 Å². The summed E-state index contributed by atoms with van der Waals surface area (Å²) in [4.78, 5) is 20.0. The lowest BCUT2D eigenvalue weighted by Gasteiger charge is -2.14. The van der Waals surface area contributed by atoms with Crippen LogP contribution in [0.4, 0.5) is 0 Å². The van der Waals surface area contributed by atoms with Crippen LogP contribution in [0.15, 0.2) is 0 Å². The Morgan fingerprint density at radius 2 is 1.56 bits per heavy atom. The molecule has 6 heteroatoms. The quantitative estimate of drug-likeness (QED) is 0.517. The Balaban J connectivity index is 0. The summed E-state index contributed by atoms with van der Waals surface area (Å²) in [5.41, 5.74) is 0. The topological polar surface area (TPSA) is 115 Å². The molecule has 0 aliphatic heterocycles. The number of hydrogen-bond donors (Lipinski definition) is 4. The maximum absolute atomic E-state index is 10.0. The predicted molar refractivity (Wildman–Crippen MR) is 66.0 cm³/mol. The van der Waals surface area contributed by atoms with Crippen molar-refractivity contribution in [2.45, 2.75) is 58.7 Å². The van der Waals surface area contributed by atoms with Gasteiger partial charge in [-0.25, -0.2) is 4.79 Å². The largest absolute Gasteiger partial charge is 0.481 e. The average Bonchev–Trinajstić information content (AvgIpc) is 2.27. The summed E-state index contributed by atoms with van der Waals surface area (Å²) in [5, 5.41) is 33.6. The molecule has 0 saturated heterocycles. The number of carbonyl (C=O) groups is 2. The molecule has 18 heavy (non-hydrogen) atoms. The number of hydrogen-bond acceptors (Lipinski definition) is 4. The Kier molecular flexibility index (Phi) is 10.5. The highest BCUT2D eigenvalue weighted by Gasteiger charge is 2.32. The standard InChI is InChI=1S/C6H10O6.C6H14/c7-4(8)2-1-3-6(11,12)5(9)10;1-4-6(3)5-2/h11-12H,1-3H2,(H,7,8)(H,9,10);6H,4-5H2,1-3H3. The summed E-state index contributed by atoms with van der Waals surface area (Å²) in [7, 11) is 0. The van der Waals surface area contributed by atoms with Crippen molar-refractivity contribution < 1.29 is 30.0 Å². The molecule has 0 fully saturated rings. The second-order valence-corrected chi connectivity index (χ2v) is 4.29. The molecule has 0 aliphatic rings. The molecule has 0 aliphatic carbocycles. The summed E-state index contributed by atoms with van der Waals surface area (Å²) in [6.45, 7) is 6.74. The second-order valence-electron chi connectivity index (χ2n) is 4.29. The van der Waals surface area contributed by atoms with Gasteiger partial charge in [0.1, 0.15) is 0 Å². The van der Waals surface area contributed by atoms with Crippen LogP contribution in [0.1, 0.15) is 52.9 Å². The van der Waals surface area contributed by atoms with Crippen LogP contribution in [0, 0.1) is 5.92 Å². The number of rotatable bonds is 7. The van der Waals surface area contributed by atoms with Crippen LogP contribution in [0.2, 0.25) is 0 Å². The van der Waals surface area contributed by atoms with E-state index in [1.807, 2.05) is 0 Å². The number of carboxylic acid groups (broad SMARTS) is 2. The zero-order valence-corrected chi connectivity index (χ0v) is 11.2. The van der Waals surface area contributed by atoms with Gasteiger partial charge in [-0.2, -0.15) is 0 Å². The Labute approximate surface area is 107 Å². The molecule has 108 valence electrons. The van der Waals surface area contributed by atoms with E-state index in [0.717, 1.165) is 5.92 Å². The SMILES string of the molecule is CCC(C)CC.O=C(O)CCCC(O)(O)C(=O)O. The van der Waals surface area contributed by atoms with Crippen molar-refractivity contribution in [3.05, 3.63) is 0 Å². The van der Waals surface area contributed by atoms with Crippen molar-refractivity contribution in [2.24, 2.45) is 5.92 Å². The van der Waals surface area contributed by atoms with Gasteiger partial charge in [-0.3, -0.25) is 4.79 Å². The molecular weight excluding hydrogens is 240 g/mol. The fraction of sp³-hybridized carbons (Fsp3) is 0.833. The minimum atomic E-state index is -2.81. The van der Waals surface area contributed by atoms with Gasteiger partial charge in [0.2, 0.25) is 0 Å². The van der Waals surface area contributed by atoms with E-state index in [1.165, 1.54) is 12.8 Å². The predicted octanol–water partition coefficient (Wildman–Crippen LogP) is 1.45. The van der Waals surface area contributed by atoms with Gasteiger partial charge in [-0.05, 0) is 12.3 Å². The van der Waals surface area contributed by atoms with E-state index in [0.29, 0.717) is 0 Å². The summed E-state index contributed by atoms with van der Waals surface area (Å²) in [5.74, 6) is -4.75. The zero-order valence-electron chi connectivity index (χ0n) is 11.2. The first-order valence-electron chi connectivity index (χ1n) is 6.07. The molecule has 0 atom stereocenters. The minimum absolute atomic E-state index is 0.0887. The molecule has 0 aromatic rings. The van der Waals surface area contributed by atoms with Crippen LogP contribution in [-0.2, 0) is 9.59 Å². The molecule has 4 N–H and O–H groups in total. The van der Waals surface area contributed by atoms with E-state index in [4.69, 9.17) is 20.4 Å². The molecule has 0 unspecified atom stereocenters. The number of aliphatic carboxylic acids is 2. The minimum Gasteiger partial charge on any atom is -0.481 e. The summed E-state index contributed by atoms with van der Waals surface area (Å²) < 4.78 is 0. The second kappa shape index (κ2) is 9.85. The van der Waals surface area contributed by atoms with Crippen molar-refractivity contribution >= 4 is 11.9 Å². The van der Waals surface area contributed by atoms with Gasteiger partial charge in [-0.1, -0.05) is 33.6 Å². The fourth-order valence-electron chi connectivity index (χ4n) is 0.882. The van der Waals surface area contributed by atoms with Crippen LogP contribution in [-0.4, -0.2) is 38.2 Å². The molecule has 0 saturated carbocycles. The third-order valence-corrected chi connectivity index (χ3v) is 2.65. The fourth-order valence-corrected chi connectivity index (χ4v) is 0.882.